The fourth-order valence-corrected chi connectivity index (χ4v) is 0. The van der Waals surface area contributed by atoms with E-state index in [9.17, 15) is 0 Å². The average Bonchev–Trinajstić information content (AvgIpc) is 0.722. The third kappa shape index (κ3) is 99.0. The van der Waals surface area contributed by atoms with Crippen molar-refractivity contribution in [1.29, 1.82) is 0 Å². The minimum Gasteiger partial charge on any atom is -1.00 e. The zero-order chi connectivity index (χ0) is 4.50. The van der Waals surface area contributed by atoms with Crippen LogP contribution in [0.5, 0.6) is 0 Å². The summed E-state index contributed by atoms with van der Waals surface area (Å²) >= 11 is 0. The van der Waals surface area contributed by atoms with Gasteiger partial charge in [-0.05, 0) is 0 Å². The second-order valence-electron chi connectivity index (χ2n) is 0.600. The zero-order valence-corrected chi connectivity index (χ0v) is 10.2. The SMILES string of the molecule is Cl.O[Si](O)(O)O.[B].[Ba+2].[H-].[H-]. The van der Waals surface area contributed by atoms with Crippen molar-refractivity contribution in [1.82, 2.24) is 0 Å². The average molecular weight is 283 g/mol. The van der Waals surface area contributed by atoms with Crippen molar-refractivity contribution in [2.24, 2.45) is 0 Å². The van der Waals surface area contributed by atoms with Crippen molar-refractivity contribution in [3.63, 3.8) is 0 Å². The number of hydrogen-bond donors (Lipinski definition) is 4. The third-order valence-electron chi connectivity index (χ3n) is 0. The normalized spacial score (nSPS) is 7.50. The first-order valence-corrected chi connectivity index (χ1v) is 2.68. The van der Waals surface area contributed by atoms with Crippen molar-refractivity contribution in [3.8, 4) is 0 Å². The molecule has 0 atom stereocenters. The monoisotopic (exact) mass is 283 g/mol. The number of hydrogen-bond acceptors (Lipinski definition) is 4. The number of rotatable bonds is 0. The minimum absolute atomic E-state index is 0. The largest absolute Gasteiger partial charge is 2.00 e. The molecule has 0 aliphatic heterocycles. The zero-order valence-electron chi connectivity index (χ0n) is 5.98. The maximum absolute atomic E-state index is 7.33. The summed E-state index contributed by atoms with van der Waals surface area (Å²) in [6, 6.07) is 0. The van der Waals surface area contributed by atoms with Crippen LogP contribution in [0.25, 0.3) is 0 Å². The fourth-order valence-electron chi connectivity index (χ4n) is 0. The molecular formula is H7BBaClO4Si. The van der Waals surface area contributed by atoms with E-state index in [-0.39, 0.29) is 72.6 Å². The van der Waals surface area contributed by atoms with Crippen LogP contribution in [0.4, 0.5) is 0 Å². The minimum atomic E-state index is -4.61. The van der Waals surface area contributed by atoms with Crippen LogP contribution in [0, 0.1) is 0 Å². The Kier molecular flexibility index (Phi) is 25.3. The van der Waals surface area contributed by atoms with Gasteiger partial charge in [0.25, 0.3) is 0 Å². The number of halogens is 1. The summed E-state index contributed by atoms with van der Waals surface area (Å²) in [6.07, 6.45) is 0. The van der Waals surface area contributed by atoms with E-state index in [1.165, 1.54) is 0 Å². The van der Waals surface area contributed by atoms with Crippen LogP contribution in [-0.4, -0.2) is 85.5 Å². The summed E-state index contributed by atoms with van der Waals surface area (Å²) in [6.45, 7) is 0. The topological polar surface area (TPSA) is 80.9 Å². The molecule has 0 aliphatic rings. The summed E-state index contributed by atoms with van der Waals surface area (Å²) in [4.78, 5) is 29.3. The van der Waals surface area contributed by atoms with Crippen molar-refractivity contribution in [2.75, 3.05) is 0 Å². The Morgan fingerprint density at radius 3 is 1.00 bits per heavy atom. The predicted molar refractivity (Wildman–Crippen MR) is 35.6 cm³/mol. The summed E-state index contributed by atoms with van der Waals surface area (Å²) < 4.78 is 0. The first-order valence-electron chi connectivity index (χ1n) is 0.894. The molecule has 4 nitrogen and oxygen atoms in total. The van der Waals surface area contributed by atoms with Crippen LogP contribution in [0.3, 0.4) is 0 Å². The Bertz CT molecular complexity index is 38.7. The van der Waals surface area contributed by atoms with Gasteiger partial charge in [-0.3, -0.25) is 0 Å². The molecule has 0 fully saturated rings. The molecule has 0 rings (SSSR count). The van der Waals surface area contributed by atoms with E-state index in [4.69, 9.17) is 19.2 Å². The molecule has 0 amide bonds. The van der Waals surface area contributed by atoms with Gasteiger partial charge in [-0.2, -0.15) is 0 Å². The molecule has 0 saturated carbocycles. The smallest absolute Gasteiger partial charge is 1.00 e. The van der Waals surface area contributed by atoms with E-state index in [2.05, 4.69) is 0 Å². The van der Waals surface area contributed by atoms with Gasteiger partial charge in [-0.25, -0.2) is 0 Å². The van der Waals surface area contributed by atoms with Gasteiger partial charge in [-0.1, -0.05) is 0 Å². The Hall–Kier alpha value is 1.98. The molecule has 8 heteroatoms. The van der Waals surface area contributed by atoms with Gasteiger partial charge in [0.05, 0.1) is 0 Å². The van der Waals surface area contributed by atoms with E-state index in [1.807, 2.05) is 0 Å². The van der Waals surface area contributed by atoms with Crippen LogP contribution < -0.4 is 0 Å². The van der Waals surface area contributed by atoms with Crippen molar-refractivity contribution in [3.05, 3.63) is 0 Å². The molecule has 0 aliphatic carbocycles. The van der Waals surface area contributed by atoms with Gasteiger partial charge in [0.2, 0.25) is 0 Å². The molecule has 0 saturated heterocycles. The summed E-state index contributed by atoms with van der Waals surface area (Å²) in [5.74, 6) is 0. The predicted octanol–water partition coefficient (Wildman–Crippen LogP) is -2.72. The third-order valence-corrected chi connectivity index (χ3v) is 0. The summed E-state index contributed by atoms with van der Waals surface area (Å²) in [5, 5.41) is 0. The first kappa shape index (κ1) is 22.5. The molecule has 0 unspecified atom stereocenters. The fraction of sp³-hybridized carbons (Fsp3) is 0. The molecule has 3 radical (unpaired) electrons. The molecule has 4 N–H and O–H groups in total. The van der Waals surface area contributed by atoms with Gasteiger partial charge in [0.1, 0.15) is 0 Å². The molecule has 8 heavy (non-hydrogen) atoms. The standard InChI is InChI=1S/B.Ba.ClH.H4O4Si.2H/c;;;1-5(2,3)4;;/h;;1H;1-4H;;/q;+2;;;2*-1. The van der Waals surface area contributed by atoms with Crippen LogP contribution in [-0.2, 0) is 0 Å². The van der Waals surface area contributed by atoms with E-state index in [0.29, 0.717) is 0 Å². The van der Waals surface area contributed by atoms with E-state index in [0.717, 1.165) is 0 Å². The van der Waals surface area contributed by atoms with Crippen LogP contribution >= 0.6 is 12.4 Å². The first-order chi connectivity index (χ1) is 2.00. The Balaban J connectivity index is -0.00000000800. The van der Waals surface area contributed by atoms with E-state index in [1.54, 1.807) is 0 Å². The molecule has 0 aromatic heterocycles. The van der Waals surface area contributed by atoms with E-state index < -0.39 is 9.05 Å². The van der Waals surface area contributed by atoms with Crippen LogP contribution in [0.1, 0.15) is 2.85 Å². The maximum atomic E-state index is 7.33. The molecule has 0 spiro atoms. The molecule has 0 aromatic carbocycles. The summed E-state index contributed by atoms with van der Waals surface area (Å²) in [5.41, 5.74) is 0. The molecule has 0 bridgehead atoms. The van der Waals surface area contributed by atoms with Gasteiger partial charge in [-0.15, -0.1) is 12.4 Å². The molecular weight excluding hydrogens is 276 g/mol. The molecule has 47 valence electrons. The Morgan fingerprint density at radius 1 is 1.00 bits per heavy atom. The Morgan fingerprint density at radius 2 is 1.00 bits per heavy atom. The second-order valence-corrected chi connectivity index (χ2v) is 1.80. The van der Waals surface area contributed by atoms with Crippen LogP contribution in [0.15, 0.2) is 0 Å². The van der Waals surface area contributed by atoms with E-state index >= 15 is 0 Å². The second kappa shape index (κ2) is 8.98. The molecule has 0 heterocycles. The Labute approximate surface area is 99.4 Å². The van der Waals surface area contributed by atoms with Gasteiger partial charge < -0.3 is 22.0 Å². The van der Waals surface area contributed by atoms with Crippen molar-refractivity contribution < 1.29 is 22.0 Å². The van der Waals surface area contributed by atoms with Crippen molar-refractivity contribution >= 4 is 78.7 Å². The van der Waals surface area contributed by atoms with Crippen LogP contribution in [0.2, 0.25) is 0 Å². The molecule has 0 aromatic rings. The van der Waals surface area contributed by atoms with Crippen molar-refractivity contribution in [2.45, 2.75) is 0 Å². The van der Waals surface area contributed by atoms with Gasteiger partial charge in [0, 0.05) is 8.41 Å². The quantitative estimate of drug-likeness (QED) is 0.364. The van der Waals surface area contributed by atoms with Gasteiger partial charge in [0.15, 0.2) is 0 Å². The van der Waals surface area contributed by atoms with Gasteiger partial charge >= 0.3 is 57.9 Å². The maximum Gasteiger partial charge on any atom is 2.00 e. The summed E-state index contributed by atoms with van der Waals surface area (Å²) in [7, 11) is -4.61.